The van der Waals surface area contributed by atoms with Crippen LogP contribution in [-0.2, 0) is 6.54 Å². The number of hydrogen-bond acceptors (Lipinski definition) is 3. The molecule has 20 heavy (non-hydrogen) atoms. The summed E-state index contributed by atoms with van der Waals surface area (Å²) in [6.45, 7) is 12.0. The molecule has 0 aliphatic carbocycles. The fraction of sp³-hybridized carbons (Fsp3) is 0.706. The van der Waals surface area contributed by atoms with Crippen LogP contribution in [-0.4, -0.2) is 24.1 Å². The van der Waals surface area contributed by atoms with Gasteiger partial charge in [-0.2, -0.15) is 0 Å². The first-order valence-electron chi connectivity index (χ1n) is 8.04. The molecule has 0 bridgehead atoms. The molecule has 0 atom stereocenters. The zero-order valence-corrected chi connectivity index (χ0v) is 13.4. The summed E-state index contributed by atoms with van der Waals surface area (Å²) in [5.41, 5.74) is 2.47. The minimum atomic E-state index is 0.521. The third-order valence-electron chi connectivity index (χ3n) is 4.23. The summed E-state index contributed by atoms with van der Waals surface area (Å²) in [6, 6.07) is 4.97. The van der Waals surface area contributed by atoms with Gasteiger partial charge in [-0.05, 0) is 43.4 Å². The number of rotatable bonds is 5. The molecule has 1 saturated heterocycles. The number of aryl methyl sites for hydroxylation is 1. The first kappa shape index (κ1) is 15.3. The second kappa shape index (κ2) is 7.07. The summed E-state index contributed by atoms with van der Waals surface area (Å²) in [7, 11) is 0. The Labute approximate surface area is 123 Å². The van der Waals surface area contributed by atoms with Crippen molar-refractivity contribution >= 4 is 5.82 Å². The lowest BCUT2D eigenvalue weighted by Crippen LogP contribution is -2.34. The van der Waals surface area contributed by atoms with Crippen LogP contribution in [0, 0.1) is 12.8 Å². The summed E-state index contributed by atoms with van der Waals surface area (Å²) >= 11 is 0. The summed E-state index contributed by atoms with van der Waals surface area (Å²) in [5, 5.41) is 3.49. The van der Waals surface area contributed by atoms with Gasteiger partial charge in [0.25, 0.3) is 0 Å². The molecule has 0 radical (unpaired) electrons. The van der Waals surface area contributed by atoms with E-state index in [1.54, 1.807) is 0 Å². The Kier molecular flexibility index (Phi) is 5.41. The van der Waals surface area contributed by atoms with Crippen molar-refractivity contribution in [1.29, 1.82) is 0 Å². The Morgan fingerprint density at radius 3 is 2.60 bits per heavy atom. The monoisotopic (exact) mass is 275 g/mol. The number of hydrogen-bond donors (Lipinski definition) is 1. The normalized spacial score (nSPS) is 16.9. The summed E-state index contributed by atoms with van der Waals surface area (Å²) in [5.74, 6) is 2.08. The standard InChI is InChI=1S/C17H29N3/c1-5-15-6-8-20(9-7-15)17-11-16(10-14(4)19-17)12-18-13(2)3/h10-11,13,15,18H,5-9,12H2,1-4H3. The molecule has 0 aromatic carbocycles. The van der Waals surface area contributed by atoms with Gasteiger partial charge in [-0.25, -0.2) is 4.98 Å². The SMILES string of the molecule is CCC1CCN(c2cc(CNC(C)C)cc(C)n2)CC1. The van der Waals surface area contributed by atoms with Gasteiger partial charge in [0.2, 0.25) is 0 Å². The molecule has 0 amide bonds. The van der Waals surface area contributed by atoms with E-state index in [9.17, 15) is 0 Å². The Morgan fingerprint density at radius 1 is 1.30 bits per heavy atom. The summed E-state index contributed by atoms with van der Waals surface area (Å²) in [4.78, 5) is 7.19. The highest BCUT2D eigenvalue weighted by atomic mass is 15.2. The van der Waals surface area contributed by atoms with Gasteiger partial charge in [0.15, 0.2) is 0 Å². The van der Waals surface area contributed by atoms with E-state index in [4.69, 9.17) is 4.98 Å². The third-order valence-corrected chi connectivity index (χ3v) is 4.23. The molecular weight excluding hydrogens is 246 g/mol. The maximum atomic E-state index is 4.73. The van der Waals surface area contributed by atoms with E-state index in [2.05, 4.69) is 50.0 Å². The summed E-state index contributed by atoms with van der Waals surface area (Å²) < 4.78 is 0. The molecule has 112 valence electrons. The molecule has 0 unspecified atom stereocenters. The molecule has 1 aliphatic rings. The van der Waals surface area contributed by atoms with Crippen molar-refractivity contribution in [2.75, 3.05) is 18.0 Å². The fourth-order valence-corrected chi connectivity index (χ4v) is 2.88. The van der Waals surface area contributed by atoms with E-state index in [1.165, 1.54) is 30.6 Å². The Bertz CT molecular complexity index is 420. The molecule has 1 aliphatic heterocycles. The predicted octanol–water partition coefficient (Wildman–Crippen LogP) is 3.51. The lowest BCUT2D eigenvalue weighted by molar-refractivity contribution is 0.393. The van der Waals surface area contributed by atoms with Crippen LogP contribution in [0.3, 0.4) is 0 Å². The van der Waals surface area contributed by atoms with Gasteiger partial charge in [0.1, 0.15) is 5.82 Å². The van der Waals surface area contributed by atoms with Crippen molar-refractivity contribution in [1.82, 2.24) is 10.3 Å². The smallest absolute Gasteiger partial charge is 0.129 e. The lowest BCUT2D eigenvalue weighted by atomic mass is 9.94. The second-order valence-electron chi connectivity index (χ2n) is 6.35. The molecule has 0 saturated carbocycles. The number of aromatic nitrogens is 1. The Morgan fingerprint density at radius 2 is 2.00 bits per heavy atom. The largest absolute Gasteiger partial charge is 0.357 e. The van der Waals surface area contributed by atoms with E-state index in [0.717, 1.165) is 31.2 Å². The lowest BCUT2D eigenvalue weighted by Gasteiger charge is -2.32. The van der Waals surface area contributed by atoms with Crippen LogP contribution in [0.4, 0.5) is 5.82 Å². The first-order valence-corrected chi connectivity index (χ1v) is 8.04. The van der Waals surface area contributed by atoms with Crippen LogP contribution in [0.2, 0.25) is 0 Å². The van der Waals surface area contributed by atoms with Gasteiger partial charge in [-0.15, -0.1) is 0 Å². The van der Waals surface area contributed by atoms with Gasteiger partial charge in [-0.1, -0.05) is 27.2 Å². The van der Waals surface area contributed by atoms with Crippen molar-refractivity contribution in [3.63, 3.8) is 0 Å². The van der Waals surface area contributed by atoms with E-state index in [1.807, 2.05) is 0 Å². The number of nitrogens with zero attached hydrogens (tertiary/aromatic N) is 2. The van der Waals surface area contributed by atoms with Crippen LogP contribution in [0.5, 0.6) is 0 Å². The van der Waals surface area contributed by atoms with Gasteiger partial charge in [-0.3, -0.25) is 0 Å². The van der Waals surface area contributed by atoms with Crippen LogP contribution < -0.4 is 10.2 Å². The molecule has 3 heteroatoms. The van der Waals surface area contributed by atoms with Gasteiger partial charge in [0.05, 0.1) is 0 Å². The number of nitrogens with one attached hydrogen (secondary N) is 1. The van der Waals surface area contributed by atoms with Crippen molar-refractivity contribution in [3.05, 3.63) is 23.4 Å². The number of pyridine rings is 1. The van der Waals surface area contributed by atoms with E-state index in [0.29, 0.717) is 6.04 Å². The highest BCUT2D eigenvalue weighted by Crippen LogP contribution is 2.24. The second-order valence-corrected chi connectivity index (χ2v) is 6.35. The minimum absolute atomic E-state index is 0.521. The van der Waals surface area contributed by atoms with Crippen molar-refractivity contribution in [3.8, 4) is 0 Å². The van der Waals surface area contributed by atoms with Crippen molar-refractivity contribution in [2.24, 2.45) is 5.92 Å². The molecule has 1 aromatic heterocycles. The Balaban J connectivity index is 2.04. The number of piperidine rings is 1. The number of anilines is 1. The third kappa shape index (κ3) is 4.20. The van der Waals surface area contributed by atoms with Gasteiger partial charge in [0, 0.05) is 31.4 Å². The van der Waals surface area contributed by atoms with Crippen LogP contribution in [0.1, 0.15) is 51.3 Å². The van der Waals surface area contributed by atoms with E-state index >= 15 is 0 Å². The topological polar surface area (TPSA) is 28.2 Å². The fourth-order valence-electron chi connectivity index (χ4n) is 2.88. The average molecular weight is 275 g/mol. The zero-order valence-electron chi connectivity index (χ0n) is 13.4. The molecule has 1 aromatic rings. The van der Waals surface area contributed by atoms with Crippen LogP contribution in [0.15, 0.2) is 12.1 Å². The van der Waals surface area contributed by atoms with Crippen LogP contribution in [0.25, 0.3) is 0 Å². The van der Waals surface area contributed by atoms with E-state index < -0.39 is 0 Å². The molecule has 1 N–H and O–H groups in total. The average Bonchev–Trinajstić information content (AvgIpc) is 2.44. The maximum absolute atomic E-state index is 4.73. The van der Waals surface area contributed by atoms with Gasteiger partial charge < -0.3 is 10.2 Å². The van der Waals surface area contributed by atoms with Crippen molar-refractivity contribution < 1.29 is 0 Å². The molecule has 2 rings (SSSR count). The molecular formula is C17H29N3. The predicted molar refractivity (Wildman–Crippen MR) is 86.2 cm³/mol. The molecule has 3 nitrogen and oxygen atoms in total. The zero-order chi connectivity index (χ0) is 14.5. The Hall–Kier alpha value is -1.09. The highest BCUT2D eigenvalue weighted by molar-refractivity contribution is 5.43. The quantitative estimate of drug-likeness (QED) is 0.891. The highest BCUT2D eigenvalue weighted by Gasteiger charge is 2.19. The van der Waals surface area contributed by atoms with Gasteiger partial charge >= 0.3 is 0 Å². The maximum Gasteiger partial charge on any atom is 0.129 e. The van der Waals surface area contributed by atoms with E-state index in [-0.39, 0.29) is 0 Å². The summed E-state index contributed by atoms with van der Waals surface area (Å²) in [6.07, 6.45) is 3.94. The molecule has 0 spiro atoms. The van der Waals surface area contributed by atoms with Crippen molar-refractivity contribution in [2.45, 2.75) is 59.5 Å². The first-order chi connectivity index (χ1) is 9.58. The van der Waals surface area contributed by atoms with Crippen LogP contribution >= 0.6 is 0 Å². The molecule has 1 fully saturated rings. The molecule has 2 heterocycles. The minimum Gasteiger partial charge on any atom is -0.357 e.